The van der Waals surface area contributed by atoms with Crippen LogP contribution < -0.4 is 9.47 Å². The lowest BCUT2D eigenvalue weighted by Gasteiger charge is -2.25. The molecule has 0 saturated carbocycles. The predicted octanol–water partition coefficient (Wildman–Crippen LogP) is 4.09. The second-order valence-electron chi connectivity index (χ2n) is 5.29. The summed E-state index contributed by atoms with van der Waals surface area (Å²) < 4.78 is 10.9. The van der Waals surface area contributed by atoms with Gasteiger partial charge in [-0.2, -0.15) is 0 Å². The Morgan fingerprint density at radius 2 is 1.68 bits per heavy atom. The van der Waals surface area contributed by atoms with Crippen LogP contribution >= 0.6 is 0 Å². The molecule has 0 amide bonds. The van der Waals surface area contributed by atoms with Crippen molar-refractivity contribution in [3.8, 4) is 11.5 Å². The maximum absolute atomic E-state index is 12.0. The van der Waals surface area contributed by atoms with E-state index in [1.165, 1.54) is 11.1 Å². The Kier molecular flexibility index (Phi) is 4.14. The van der Waals surface area contributed by atoms with Crippen molar-refractivity contribution in [2.24, 2.45) is 0 Å². The second kappa shape index (κ2) is 6.22. The lowest BCUT2D eigenvalue weighted by atomic mass is 9.78. The van der Waals surface area contributed by atoms with Crippen LogP contribution in [0.4, 0.5) is 0 Å². The molecule has 1 heterocycles. The fraction of sp³-hybridized carbons (Fsp3) is 0.316. The first-order valence-corrected chi connectivity index (χ1v) is 7.80. The fourth-order valence-corrected chi connectivity index (χ4v) is 3.08. The molecule has 0 spiro atoms. The molecule has 1 unspecified atom stereocenters. The van der Waals surface area contributed by atoms with Crippen molar-refractivity contribution in [2.75, 3.05) is 6.79 Å². The number of carbonyl (C=O) groups excluding carboxylic acids is 1. The minimum atomic E-state index is 0.127. The Hall–Kier alpha value is -2.29. The van der Waals surface area contributed by atoms with Gasteiger partial charge in [-0.3, -0.25) is 4.79 Å². The number of carbonyl (C=O) groups is 1. The number of rotatable bonds is 1. The third-order valence-corrected chi connectivity index (χ3v) is 4.03. The molecule has 1 aliphatic heterocycles. The molecule has 22 heavy (non-hydrogen) atoms. The van der Waals surface area contributed by atoms with E-state index in [0.29, 0.717) is 12.8 Å². The topological polar surface area (TPSA) is 35.5 Å². The molecule has 4 rings (SSSR count). The molecular formula is C19H20O3. The fourth-order valence-electron chi connectivity index (χ4n) is 3.08. The first-order valence-electron chi connectivity index (χ1n) is 7.80. The Morgan fingerprint density at radius 1 is 1.00 bits per heavy atom. The lowest BCUT2D eigenvalue weighted by Crippen LogP contribution is -2.19. The highest BCUT2D eigenvalue weighted by Crippen LogP contribution is 2.42. The molecule has 3 heteroatoms. The summed E-state index contributed by atoms with van der Waals surface area (Å²) in [6.07, 6.45) is 1.06. The summed E-state index contributed by atoms with van der Waals surface area (Å²) in [5.41, 5.74) is 3.44. The van der Waals surface area contributed by atoms with E-state index in [-0.39, 0.29) is 18.5 Å². The molecular weight excluding hydrogens is 276 g/mol. The first kappa shape index (κ1) is 14.6. The number of ketones is 1. The monoisotopic (exact) mass is 296 g/mol. The summed E-state index contributed by atoms with van der Waals surface area (Å²) in [5, 5.41) is 0. The summed E-state index contributed by atoms with van der Waals surface area (Å²) in [6.45, 7) is 4.27. The van der Waals surface area contributed by atoms with Crippen LogP contribution in [0.15, 0.2) is 42.5 Å². The van der Waals surface area contributed by atoms with Crippen molar-refractivity contribution in [3.05, 3.63) is 59.2 Å². The molecule has 0 bridgehead atoms. The molecule has 0 aromatic heterocycles. The molecule has 0 N–H and O–H groups in total. The van der Waals surface area contributed by atoms with E-state index in [4.69, 9.17) is 9.47 Å². The van der Waals surface area contributed by atoms with Gasteiger partial charge >= 0.3 is 0 Å². The summed E-state index contributed by atoms with van der Waals surface area (Å²) in [7, 11) is 0. The van der Waals surface area contributed by atoms with Crippen molar-refractivity contribution >= 4 is 5.78 Å². The van der Waals surface area contributed by atoms with Gasteiger partial charge in [0, 0.05) is 18.8 Å². The van der Waals surface area contributed by atoms with Gasteiger partial charge in [-0.05, 0) is 28.8 Å². The van der Waals surface area contributed by atoms with Crippen molar-refractivity contribution in [1.82, 2.24) is 0 Å². The van der Waals surface area contributed by atoms with E-state index in [1.807, 2.05) is 44.2 Å². The molecule has 114 valence electrons. The lowest BCUT2D eigenvalue weighted by molar-refractivity contribution is -0.119. The van der Waals surface area contributed by atoms with Gasteiger partial charge in [0.1, 0.15) is 5.78 Å². The third-order valence-electron chi connectivity index (χ3n) is 4.03. The Bertz CT molecular complexity index is 677. The van der Waals surface area contributed by atoms with Gasteiger partial charge in [-0.15, -0.1) is 0 Å². The van der Waals surface area contributed by atoms with E-state index in [0.717, 1.165) is 17.1 Å². The maximum atomic E-state index is 12.0. The average molecular weight is 296 g/mol. The van der Waals surface area contributed by atoms with Crippen LogP contribution in [-0.2, 0) is 11.2 Å². The number of Topliss-reactive ketones (excluding diaryl/α,β-unsaturated/α-hetero) is 1. The van der Waals surface area contributed by atoms with Crippen molar-refractivity contribution in [3.63, 3.8) is 0 Å². The van der Waals surface area contributed by atoms with Crippen LogP contribution in [0.25, 0.3) is 0 Å². The molecule has 0 saturated heterocycles. The largest absolute Gasteiger partial charge is 0.454 e. The van der Waals surface area contributed by atoms with Gasteiger partial charge in [-0.1, -0.05) is 44.2 Å². The van der Waals surface area contributed by atoms with Crippen LogP contribution in [0.3, 0.4) is 0 Å². The number of ether oxygens (including phenoxy) is 2. The molecule has 1 atom stereocenters. The summed E-state index contributed by atoms with van der Waals surface area (Å²) in [6, 6.07) is 14.2. The standard InChI is InChI=1S/C17H14O3.C2H6/c18-13-6-12-7-16-17(20-10-19-16)9-15(12)14(8-13)11-4-2-1-3-5-11;1-2/h1-5,7,9,14H,6,8,10H2;1-2H3. The molecule has 0 radical (unpaired) electrons. The number of benzene rings is 2. The zero-order valence-electron chi connectivity index (χ0n) is 13.0. The van der Waals surface area contributed by atoms with E-state index in [1.54, 1.807) is 0 Å². The highest BCUT2D eigenvalue weighted by molar-refractivity contribution is 5.85. The van der Waals surface area contributed by atoms with Crippen LogP contribution in [0.5, 0.6) is 11.5 Å². The molecule has 1 aliphatic carbocycles. The Morgan fingerprint density at radius 3 is 2.41 bits per heavy atom. The van der Waals surface area contributed by atoms with Crippen LogP contribution in [-0.4, -0.2) is 12.6 Å². The van der Waals surface area contributed by atoms with Crippen LogP contribution in [0.1, 0.15) is 42.9 Å². The quantitative estimate of drug-likeness (QED) is 0.795. The van der Waals surface area contributed by atoms with E-state index in [9.17, 15) is 4.79 Å². The third kappa shape index (κ3) is 2.59. The van der Waals surface area contributed by atoms with Crippen LogP contribution in [0, 0.1) is 0 Å². The molecule has 0 fully saturated rings. The Balaban J connectivity index is 0.000000693. The van der Waals surface area contributed by atoms with E-state index < -0.39 is 0 Å². The molecule has 3 nitrogen and oxygen atoms in total. The maximum Gasteiger partial charge on any atom is 0.231 e. The van der Waals surface area contributed by atoms with Crippen molar-refractivity contribution in [2.45, 2.75) is 32.6 Å². The average Bonchev–Trinajstić information content (AvgIpc) is 3.02. The summed E-state index contributed by atoms with van der Waals surface area (Å²) >= 11 is 0. The molecule has 2 aromatic rings. The number of fused-ring (bicyclic) bond motifs is 2. The predicted molar refractivity (Wildman–Crippen MR) is 85.5 cm³/mol. The molecule has 2 aliphatic rings. The highest BCUT2D eigenvalue weighted by Gasteiger charge is 2.29. The van der Waals surface area contributed by atoms with Gasteiger partial charge in [0.05, 0.1) is 0 Å². The normalized spacial score (nSPS) is 18.3. The minimum absolute atomic E-state index is 0.127. The second-order valence-corrected chi connectivity index (χ2v) is 5.29. The summed E-state index contributed by atoms with van der Waals surface area (Å²) in [5.74, 6) is 1.96. The van der Waals surface area contributed by atoms with Gasteiger partial charge in [0.2, 0.25) is 6.79 Å². The van der Waals surface area contributed by atoms with Gasteiger partial charge in [-0.25, -0.2) is 0 Å². The van der Waals surface area contributed by atoms with E-state index in [2.05, 4.69) is 12.1 Å². The van der Waals surface area contributed by atoms with Gasteiger partial charge in [0.25, 0.3) is 0 Å². The smallest absolute Gasteiger partial charge is 0.231 e. The summed E-state index contributed by atoms with van der Waals surface area (Å²) in [4.78, 5) is 12.0. The minimum Gasteiger partial charge on any atom is -0.454 e. The van der Waals surface area contributed by atoms with Gasteiger partial charge < -0.3 is 9.47 Å². The van der Waals surface area contributed by atoms with Crippen LogP contribution in [0.2, 0.25) is 0 Å². The zero-order chi connectivity index (χ0) is 15.5. The van der Waals surface area contributed by atoms with Gasteiger partial charge in [0.15, 0.2) is 11.5 Å². The molecule has 2 aromatic carbocycles. The highest BCUT2D eigenvalue weighted by atomic mass is 16.7. The Labute approximate surface area is 130 Å². The van der Waals surface area contributed by atoms with E-state index >= 15 is 0 Å². The van der Waals surface area contributed by atoms with Crippen molar-refractivity contribution in [1.29, 1.82) is 0 Å². The SMILES string of the molecule is CC.O=C1Cc2cc3c(cc2C(c2ccccc2)C1)OCO3. The number of hydrogen-bond donors (Lipinski definition) is 0. The van der Waals surface area contributed by atoms with Crippen molar-refractivity contribution < 1.29 is 14.3 Å². The first-order chi connectivity index (χ1) is 10.8. The number of hydrogen-bond acceptors (Lipinski definition) is 3. The zero-order valence-corrected chi connectivity index (χ0v) is 13.0.